The molecule has 0 aromatic rings. The number of nitrogens with one attached hydrogen (secondary N) is 1. The molecule has 0 saturated carbocycles. The van der Waals surface area contributed by atoms with Gasteiger partial charge in [-0.25, -0.2) is 0 Å². The van der Waals surface area contributed by atoms with Gasteiger partial charge >= 0.3 is 0 Å². The van der Waals surface area contributed by atoms with Crippen LogP contribution in [-0.2, 0) is 14.3 Å². The second-order valence-corrected chi connectivity index (χ2v) is 1.80. The van der Waals surface area contributed by atoms with E-state index < -0.39 is 12.0 Å². The average molecular weight is 130 g/mol. The predicted molar refractivity (Wildman–Crippen MR) is 28.7 cm³/mol. The largest absolute Gasteiger partial charge is 0.376 e. The van der Waals surface area contributed by atoms with E-state index in [0.29, 0.717) is 13.2 Å². The second-order valence-electron chi connectivity index (χ2n) is 1.80. The van der Waals surface area contributed by atoms with Crippen LogP contribution in [0.5, 0.6) is 0 Å². The van der Waals surface area contributed by atoms with Crippen molar-refractivity contribution >= 4 is 5.91 Å². The van der Waals surface area contributed by atoms with E-state index in [1.807, 2.05) is 0 Å². The van der Waals surface area contributed by atoms with Crippen LogP contribution in [0.25, 0.3) is 0 Å². The Morgan fingerprint density at radius 3 is 2.67 bits per heavy atom. The van der Waals surface area contributed by atoms with Crippen molar-refractivity contribution < 1.29 is 14.3 Å². The summed E-state index contributed by atoms with van der Waals surface area (Å²) in [6.45, 7) is 1.20. The highest BCUT2D eigenvalue weighted by molar-refractivity contribution is 5.78. The van der Waals surface area contributed by atoms with E-state index in [0.717, 1.165) is 0 Å². The topological polar surface area (TPSA) is 59.3 Å². The lowest BCUT2D eigenvalue weighted by Crippen LogP contribution is -2.35. The van der Waals surface area contributed by atoms with Gasteiger partial charge in [0.15, 0.2) is 6.10 Å². The van der Waals surface area contributed by atoms with Gasteiger partial charge in [0.2, 0.25) is 0 Å². The molecule has 1 N–H and O–H groups in total. The van der Waals surface area contributed by atoms with Crippen LogP contribution in [0.2, 0.25) is 0 Å². The Hall–Kier alpha value is -0.610. The van der Waals surface area contributed by atoms with Gasteiger partial charge in [-0.05, 0) is 0 Å². The van der Waals surface area contributed by atoms with Crippen LogP contribution >= 0.6 is 0 Å². The monoisotopic (exact) mass is 130 g/mol. The number of amides is 1. The summed E-state index contributed by atoms with van der Waals surface area (Å²) in [7, 11) is 0. The molecule has 1 radical (unpaired) electrons. The van der Waals surface area contributed by atoms with Gasteiger partial charge in [-0.1, -0.05) is 0 Å². The Labute approximate surface area is 52.9 Å². The van der Waals surface area contributed by atoms with Gasteiger partial charge in [0.1, 0.15) is 0 Å². The summed E-state index contributed by atoms with van der Waals surface area (Å²) in [5, 5.41) is 0. The highest BCUT2D eigenvalue weighted by Gasteiger charge is 2.19. The Balaban J connectivity index is 2.31. The van der Waals surface area contributed by atoms with Crippen molar-refractivity contribution in [3.8, 4) is 0 Å². The third kappa shape index (κ3) is 1.65. The fraction of sp³-hybridized carbons (Fsp3) is 0.800. The molecule has 1 amide bonds. The molecule has 0 aromatic heterocycles. The van der Waals surface area contributed by atoms with Crippen molar-refractivity contribution in [2.45, 2.75) is 6.10 Å². The van der Waals surface area contributed by atoms with Gasteiger partial charge in [0.05, 0.1) is 19.8 Å². The molecule has 4 heteroatoms. The minimum absolute atomic E-state index is 0.238. The van der Waals surface area contributed by atoms with Crippen LogP contribution in [0.4, 0.5) is 0 Å². The van der Waals surface area contributed by atoms with Crippen molar-refractivity contribution in [1.82, 2.24) is 5.73 Å². The summed E-state index contributed by atoms with van der Waals surface area (Å²) in [6.07, 6.45) is -0.640. The summed E-state index contributed by atoms with van der Waals surface area (Å²) in [4.78, 5) is 10.3. The lowest BCUT2D eigenvalue weighted by Gasteiger charge is -2.18. The van der Waals surface area contributed by atoms with Crippen LogP contribution in [0.15, 0.2) is 0 Å². The van der Waals surface area contributed by atoms with Crippen LogP contribution in [0.1, 0.15) is 0 Å². The van der Waals surface area contributed by atoms with Gasteiger partial charge < -0.3 is 9.47 Å². The molecule has 1 fully saturated rings. The van der Waals surface area contributed by atoms with Gasteiger partial charge in [-0.15, -0.1) is 0 Å². The molecule has 51 valence electrons. The molecule has 0 aromatic carbocycles. The second kappa shape index (κ2) is 2.80. The van der Waals surface area contributed by atoms with Gasteiger partial charge in [0.25, 0.3) is 5.91 Å². The predicted octanol–water partition coefficient (Wildman–Crippen LogP) is -0.789. The molecule has 9 heavy (non-hydrogen) atoms. The molecule has 1 rings (SSSR count). The molecule has 1 saturated heterocycles. The minimum Gasteiger partial charge on any atom is -0.376 e. The maximum atomic E-state index is 10.3. The number of carbonyl (C=O) groups is 1. The maximum Gasteiger partial charge on any atom is 0.269 e. The van der Waals surface area contributed by atoms with Crippen LogP contribution in [0, 0.1) is 0 Å². The molecular weight excluding hydrogens is 122 g/mol. The average Bonchev–Trinajstić information content (AvgIpc) is 1.90. The molecular formula is C5H8NO3. The van der Waals surface area contributed by atoms with Crippen molar-refractivity contribution in [1.29, 1.82) is 0 Å². The zero-order valence-corrected chi connectivity index (χ0v) is 4.92. The van der Waals surface area contributed by atoms with E-state index in [-0.39, 0.29) is 6.61 Å². The number of rotatable bonds is 1. The van der Waals surface area contributed by atoms with Gasteiger partial charge in [0, 0.05) is 0 Å². The SMILES string of the molecule is [NH]C(=O)C1COCCO1. The Kier molecular flexibility index (Phi) is 2.02. The first kappa shape index (κ1) is 6.51. The van der Waals surface area contributed by atoms with E-state index in [9.17, 15) is 4.79 Å². The molecule has 0 bridgehead atoms. The molecule has 4 nitrogen and oxygen atoms in total. The third-order valence-corrected chi connectivity index (χ3v) is 1.11. The van der Waals surface area contributed by atoms with Gasteiger partial charge in [-0.3, -0.25) is 10.5 Å². The van der Waals surface area contributed by atoms with E-state index in [1.54, 1.807) is 0 Å². The molecule has 1 aliphatic rings. The Morgan fingerprint density at radius 2 is 2.33 bits per heavy atom. The normalized spacial score (nSPS) is 27.8. The third-order valence-electron chi connectivity index (χ3n) is 1.11. The number of hydrogen-bond acceptors (Lipinski definition) is 3. The van der Waals surface area contributed by atoms with E-state index in [2.05, 4.69) is 0 Å². The summed E-state index contributed by atoms with van der Waals surface area (Å²) in [5.41, 5.74) is 6.63. The molecule has 1 atom stereocenters. The van der Waals surface area contributed by atoms with Gasteiger partial charge in [-0.2, -0.15) is 0 Å². The highest BCUT2D eigenvalue weighted by atomic mass is 16.6. The fourth-order valence-corrected chi connectivity index (χ4v) is 0.639. The van der Waals surface area contributed by atoms with Crippen molar-refractivity contribution in [2.75, 3.05) is 19.8 Å². The summed E-state index contributed by atoms with van der Waals surface area (Å²) >= 11 is 0. The zero-order chi connectivity index (χ0) is 6.69. The molecule has 0 spiro atoms. The summed E-state index contributed by atoms with van der Waals surface area (Å²) in [5.74, 6) is -0.699. The van der Waals surface area contributed by atoms with E-state index in [4.69, 9.17) is 15.2 Å². The smallest absolute Gasteiger partial charge is 0.269 e. The quantitative estimate of drug-likeness (QED) is 0.467. The first-order valence-electron chi connectivity index (χ1n) is 2.75. The fourth-order valence-electron chi connectivity index (χ4n) is 0.639. The first-order valence-corrected chi connectivity index (χ1v) is 2.75. The minimum atomic E-state index is -0.699. The van der Waals surface area contributed by atoms with Crippen molar-refractivity contribution in [3.63, 3.8) is 0 Å². The van der Waals surface area contributed by atoms with E-state index >= 15 is 0 Å². The summed E-state index contributed by atoms with van der Waals surface area (Å²) < 4.78 is 9.75. The molecule has 1 aliphatic heterocycles. The number of carbonyl (C=O) groups excluding carboxylic acids is 1. The molecule has 1 unspecified atom stereocenters. The van der Waals surface area contributed by atoms with Crippen molar-refractivity contribution in [2.24, 2.45) is 0 Å². The maximum absolute atomic E-state index is 10.3. The summed E-state index contributed by atoms with van der Waals surface area (Å²) in [6, 6.07) is 0. The highest BCUT2D eigenvalue weighted by Crippen LogP contribution is 1.98. The first-order chi connectivity index (χ1) is 4.30. The molecule has 1 heterocycles. The van der Waals surface area contributed by atoms with Crippen LogP contribution in [0.3, 0.4) is 0 Å². The Morgan fingerprint density at radius 1 is 1.56 bits per heavy atom. The number of ether oxygens (including phenoxy) is 2. The molecule has 0 aliphatic carbocycles. The Bertz CT molecular complexity index is 109. The zero-order valence-electron chi connectivity index (χ0n) is 4.92. The van der Waals surface area contributed by atoms with Crippen LogP contribution in [-0.4, -0.2) is 31.8 Å². The standard InChI is InChI=1S/C5H8NO3/c6-5(7)4-3-8-1-2-9-4/h4,6H,1-3H2. The van der Waals surface area contributed by atoms with E-state index in [1.165, 1.54) is 0 Å². The number of hydrogen-bond donors (Lipinski definition) is 0. The lowest BCUT2D eigenvalue weighted by molar-refractivity contribution is -0.144. The lowest BCUT2D eigenvalue weighted by atomic mass is 10.3. The van der Waals surface area contributed by atoms with Crippen molar-refractivity contribution in [3.05, 3.63) is 0 Å². The van der Waals surface area contributed by atoms with Crippen LogP contribution < -0.4 is 5.73 Å².